The molecule has 9 aromatic carbocycles. The predicted octanol–water partition coefficient (Wildman–Crippen LogP) is 11.1. The Labute approximate surface area is 433 Å². The highest BCUT2D eigenvalue weighted by molar-refractivity contribution is 7.33. The molecule has 10 heteroatoms. The lowest BCUT2D eigenvalue weighted by molar-refractivity contribution is 0.464. The number of para-hydroxylation sites is 2. The van der Waals surface area contributed by atoms with Crippen LogP contribution in [0.25, 0.3) is 20.2 Å². The van der Waals surface area contributed by atoms with Crippen molar-refractivity contribution >= 4 is 145 Å². The molecule has 11 aromatic rings. The molecule has 2 aromatic heterocycles. The van der Waals surface area contributed by atoms with E-state index in [1.165, 1.54) is 68.6 Å². The normalized spacial score (nSPS) is 14.0. The van der Waals surface area contributed by atoms with Crippen molar-refractivity contribution < 1.29 is 14.2 Å². The van der Waals surface area contributed by atoms with Crippen LogP contribution in [0.15, 0.2) is 170 Å². The van der Waals surface area contributed by atoms with Crippen molar-refractivity contribution in [2.24, 2.45) is 0 Å². The average Bonchev–Trinajstić information content (AvgIpc) is 3.94. The van der Waals surface area contributed by atoms with Crippen LogP contribution in [0, 0.1) is 34.6 Å². The van der Waals surface area contributed by atoms with Crippen LogP contribution in [0.3, 0.4) is 0 Å². The van der Waals surface area contributed by atoms with Crippen LogP contribution >= 0.6 is 22.7 Å². The number of nitrogens with zero attached hydrogens (tertiary/aromatic N) is 2. The zero-order valence-corrected chi connectivity index (χ0v) is 42.5. The summed E-state index contributed by atoms with van der Waals surface area (Å²) in [5, 5.41) is 2.47. The van der Waals surface area contributed by atoms with Crippen LogP contribution in [0.4, 0.5) is 34.1 Å². The summed E-state index contributed by atoms with van der Waals surface area (Å²) in [6.07, 6.45) is 0. The molecule has 0 radical (unpaired) electrons. The number of hydrogen-bond donors (Lipinski definition) is 0. The summed E-state index contributed by atoms with van der Waals surface area (Å²) in [4.78, 5) is 4.92. The molecule has 5 aliphatic rings. The van der Waals surface area contributed by atoms with Gasteiger partial charge in [0.25, 0.3) is 20.1 Å². The summed E-state index contributed by atoms with van der Waals surface area (Å²) in [5.74, 6) is 5.29. The van der Waals surface area contributed by atoms with Gasteiger partial charge in [-0.05, 0) is 173 Å². The maximum atomic E-state index is 7.28. The number of benzene rings is 9. The van der Waals surface area contributed by atoms with Gasteiger partial charge in [0.05, 0.1) is 0 Å². The molecule has 0 unspecified atom stereocenters. The first-order chi connectivity index (χ1) is 35.7. The Hall–Kier alpha value is -7.91. The predicted molar refractivity (Wildman–Crippen MR) is 310 cm³/mol. The lowest BCUT2D eigenvalue weighted by atomic mass is 9.31. The monoisotopic (exact) mass is 972 g/mol. The van der Waals surface area contributed by atoms with Gasteiger partial charge in [-0.1, -0.05) is 90.5 Å². The molecule has 0 fully saturated rings. The highest BCUT2D eigenvalue weighted by Gasteiger charge is 2.49. The van der Waals surface area contributed by atoms with Crippen molar-refractivity contribution in [2.45, 2.75) is 34.6 Å². The van der Waals surface area contributed by atoms with Crippen LogP contribution in [0.1, 0.15) is 27.8 Å². The number of anilines is 6. The summed E-state index contributed by atoms with van der Waals surface area (Å²) in [7, 11) is 0. The molecular weight excluding hydrogens is 929 g/mol. The Balaban J connectivity index is 0.987. The fourth-order valence-corrected chi connectivity index (χ4v) is 15.7. The summed E-state index contributed by atoms with van der Waals surface area (Å²) < 4.78 is 26.8. The summed E-state index contributed by atoms with van der Waals surface area (Å²) in [6, 6.07) is 62.7. The number of ether oxygens (including phenoxy) is 3. The Morgan fingerprint density at radius 1 is 0.370 bits per heavy atom. The number of thiophene rings is 2. The van der Waals surface area contributed by atoms with Gasteiger partial charge in [0, 0.05) is 71.3 Å². The van der Waals surface area contributed by atoms with E-state index in [1.807, 2.05) is 22.7 Å². The number of fused-ring (bicyclic) bond motifs is 13. The van der Waals surface area contributed by atoms with Gasteiger partial charge in [-0.25, -0.2) is 0 Å². The van der Waals surface area contributed by atoms with Crippen LogP contribution in [0.2, 0.25) is 0 Å². The zero-order valence-electron chi connectivity index (χ0n) is 40.8. The van der Waals surface area contributed by atoms with E-state index in [-0.39, 0.29) is 20.1 Å². The van der Waals surface area contributed by atoms with Crippen LogP contribution in [-0.4, -0.2) is 20.1 Å². The molecular formula is C63H43B3N2O3S2. The summed E-state index contributed by atoms with van der Waals surface area (Å²) in [5.41, 5.74) is 21.3. The maximum Gasteiger partial charge on any atom is 0.268 e. The molecule has 0 saturated heterocycles. The minimum absolute atomic E-state index is 0.0265. The highest BCUT2D eigenvalue weighted by Crippen LogP contribution is 2.47. The SMILES string of the molecule is Cc1cc2c3c(c1)Oc1cc4c(cc1B3c1cc3c(cc1O2)N(c1ccccc1)c1cc(C)cc(C)c1B3c1sc2ccccc2c1C)B1c2sc3ccccc3c2Oc2cc(C)cc(c21)N4c1ccccc1. The van der Waals surface area contributed by atoms with E-state index in [9.17, 15) is 0 Å². The molecule has 344 valence electrons. The molecule has 0 amide bonds. The van der Waals surface area contributed by atoms with Crippen LogP contribution in [-0.2, 0) is 0 Å². The Morgan fingerprint density at radius 2 is 0.849 bits per heavy atom. The van der Waals surface area contributed by atoms with Gasteiger partial charge in [-0.15, -0.1) is 22.7 Å². The smallest absolute Gasteiger partial charge is 0.268 e. The fraction of sp³-hybridized carbons (Fsp3) is 0.0794. The van der Waals surface area contributed by atoms with Crippen LogP contribution < -0.4 is 71.8 Å². The van der Waals surface area contributed by atoms with Gasteiger partial charge in [0.1, 0.15) is 34.5 Å². The highest BCUT2D eigenvalue weighted by atomic mass is 32.1. The first-order valence-electron chi connectivity index (χ1n) is 25.2. The molecule has 0 N–H and O–H groups in total. The van der Waals surface area contributed by atoms with Crippen molar-refractivity contribution in [1.29, 1.82) is 0 Å². The van der Waals surface area contributed by atoms with E-state index in [1.54, 1.807) is 0 Å². The standard InChI is InChI=1S/C63H43B3N2O3S2/c1-34-24-37(4)58-49(25-34)67(39-16-8-6-9-17-39)47-32-51-45(30-43(47)65(58)62-38(5)41-20-12-14-22-56(41)72-62)64-46-31-44-48(33-52(46)70-55-29-36(3)28-54(69-51)60(55)64)68(40-18-10-7-11-19-40)50-26-35(2)27-53-59(50)66(44)63-61(71-53)42-21-13-15-23-57(42)73-63/h6-33H,1-5H3. The molecule has 5 nitrogen and oxygen atoms in total. The first kappa shape index (κ1) is 41.7. The molecule has 0 spiro atoms. The number of aryl methyl sites for hydroxylation is 5. The minimum Gasteiger partial charge on any atom is -0.458 e. The summed E-state index contributed by atoms with van der Waals surface area (Å²) in [6.45, 7) is 10.9. The summed E-state index contributed by atoms with van der Waals surface area (Å²) >= 11 is 3.79. The van der Waals surface area contributed by atoms with Crippen molar-refractivity contribution in [2.75, 3.05) is 9.80 Å². The molecule has 5 aliphatic heterocycles. The second-order valence-electron chi connectivity index (χ2n) is 20.6. The van der Waals surface area contributed by atoms with E-state index in [2.05, 4.69) is 214 Å². The Bertz CT molecular complexity index is 4230. The maximum absolute atomic E-state index is 7.28. The van der Waals surface area contributed by atoms with Gasteiger partial charge in [-0.3, -0.25) is 0 Å². The topological polar surface area (TPSA) is 34.2 Å². The van der Waals surface area contributed by atoms with E-state index >= 15 is 0 Å². The third kappa shape index (κ3) is 5.82. The molecule has 0 bridgehead atoms. The van der Waals surface area contributed by atoms with Crippen molar-refractivity contribution in [3.8, 4) is 34.5 Å². The second-order valence-corrected chi connectivity index (χ2v) is 22.8. The van der Waals surface area contributed by atoms with Crippen LogP contribution in [0.5, 0.6) is 34.5 Å². The van der Waals surface area contributed by atoms with Gasteiger partial charge in [0.15, 0.2) is 0 Å². The molecule has 0 aliphatic carbocycles. The average molecular weight is 973 g/mol. The van der Waals surface area contributed by atoms with Gasteiger partial charge in [0.2, 0.25) is 0 Å². The largest absolute Gasteiger partial charge is 0.458 e. The second kappa shape index (κ2) is 15.1. The third-order valence-corrected chi connectivity index (χ3v) is 18.6. The van der Waals surface area contributed by atoms with Gasteiger partial charge >= 0.3 is 0 Å². The third-order valence-electron chi connectivity index (χ3n) is 16.1. The Morgan fingerprint density at radius 3 is 1.45 bits per heavy atom. The molecule has 73 heavy (non-hydrogen) atoms. The first-order valence-corrected chi connectivity index (χ1v) is 26.9. The zero-order chi connectivity index (χ0) is 48.5. The molecule has 7 heterocycles. The molecule has 16 rings (SSSR count). The van der Waals surface area contributed by atoms with E-state index < -0.39 is 0 Å². The molecule has 0 saturated carbocycles. The lowest BCUT2D eigenvalue weighted by Crippen LogP contribution is -2.63. The number of rotatable bonds is 3. The van der Waals surface area contributed by atoms with E-state index in [0.29, 0.717) is 0 Å². The van der Waals surface area contributed by atoms with Gasteiger partial charge < -0.3 is 24.0 Å². The lowest BCUT2D eigenvalue weighted by Gasteiger charge is -2.42. The molecule has 0 atom stereocenters. The van der Waals surface area contributed by atoms with E-state index in [4.69, 9.17) is 14.2 Å². The van der Waals surface area contributed by atoms with Crippen molar-refractivity contribution in [3.05, 3.63) is 198 Å². The van der Waals surface area contributed by atoms with E-state index in [0.717, 1.165) is 95.8 Å². The fourth-order valence-electron chi connectivity index (χ4n) is 13.1. The minimum atomic E-state index is -0.186. The van der Waals surface area contributed by atoms with Crippen molar-refractivity contribution in [3.63, 3.8) is 0 Å². The quantitative estimate of drug-likeness (QED) is 0.165. The number of hydrogen-bond acceptors (Lipinski definition) is 7. The Kier molecular flexibility index (Phi) is 8.61. The van der Waals surface area contributed by atoms with Crippen molar-refractivity contribution in [1.82, 2.24) is 0 Å². The van der Waals surface area contributed by atoms with Gasteiger partial charge in [-0.2, -0.15) is 0 Å².